The lowest BCUT2D eigenvalue weighted by molar-refractivity contribution is 1.06. The average Bonchev–Trinajstić information content (AvgIpc) is 2.15. The van der Waals surface area contributed by atoms with Gasteiger partial charge in [-0.2, -0.15) is 4.37 Å². The minimum Gasteiger partial charge on any atom is -0.213 e. The molecule has 40 valence electrons. The van der Waals surface area contributed by atoms with E-state index >= 15 is 0 Å². The smallest absolute Gasteiger partial charge is 0.187 e. The van der Waals surface area contributed by atoms with Gasteiger partial charge in [0.05, 0.1) is 17.9 Å². The van der Waals surface area contributed by atoms with E-state index in [1.807, 2.05) is 0 Å². The molecule has 0 saturated carbocycles. The first-order valence-electron chi connectivity index (χ1n) is 2.08. The molecule has 4 nitrogen and oxygen atoms in total. The van der Waals surface area contributed by atoms with Crippen molar-refractivity contribution in [2.24, 2.45) is 0 Å². The topological polar surface area (TPSA) is 43.1 Å². The van der Waals surface area contributed by atoms with Crippen molar-refractivity contribution < 1.29 is 0 Å². The van der Waals surface area contributed by atoms with Crippen LogP contribution in [0.4, 0.5) is 0 Å². The van der Waals surface area contributed by atoms with Crippen LogP contribution in [-0.2, 0) is 0 Å². The van der Waals surface area contributed by atoms with Crippen molar-refractivity contribution in [1.29, 1.82) is 0 Å². The summed E-state index contributed by atoms with van der Waals surface area (Å²) in [7, 11) is 0. The van der Waals surface area contributed by atoms with Crippen molar-refractivity contribution in [1.82, 2.24) is 18.4 Å². The first kappa shape index (κ1) is 3.96. The molecule has 0 N–H and O–H groups in total. The monoisotopic (exact) mass is 126 g/mol. The summed E-state index contributed by atoms with van der Waals surface area (Å²) in [4.78, 5) is 3.88. The van der Waals surface area contributed by atoms with Gasteiger partial charge < -0.3 is 0 Å². The molecule has 0 aliphatic heterocycles. The highest BCUT2D eigenvalue weighted by atomic mass is 32.1. The van der Waals surface area contributed by atoms with Crippen molar-refractivity contribution in [3.63, 3.8) is 0 Å². The maximum Gasteiger partial charge on any atom is 0.187 e. The predicted octanol–water partition coefficient (Wildman–Crippen LogP) is 0.186. The van der Waals surface area contributed by atoms with Crippen molar-refractivity contribution in [2.75, 3.05) is 0 Å². The number of nitrogens with zero attached hydrogens (tertiary/aromatic N) is 4. The standard InChI is InChI=1S/C3H2N4S/c1-3-4-2-5-7(3)8-6-1/h1-2H. The quantitative estimate of drug-likeness (QED) is 0.506. The third-order valence-electron chi connectivity index (χ3n) is 0.835. The Morgan fingerprint density at radius 2 is 2.62 bits per heavy atom. The van der Waals surface area contributed by atoms with E-state index < -0.39 is 0 Å². The van der Waals surface area contributed by atoms with E-state index in [0.29, 0.717) is 0 Å². The molecule has 2 aromatic heterocycles. The molecular weight excluding hydrogens is 124 g/mol. The molecule has 2 heterocycles. The SMILES string of the molecule is c1nc2cnsn2n1. The first-order chi connectivity index (χ1) is 3.97. The Balaban J connectivity index is 3.06. The molecule has 2 aromatic rings. The molecule has 0 aromatic carbocycles. The van der Waals surface area contributed by atoms with E-state index in [0.717, 1.165) is 5.65 Å². The highest BCUT2D eigenvalue weighted by Gasteiger charge is 1.91. The fourth-order valence-electron chi connectivity index (χ4n) is 0.501. The molecule has 0 atom stereocenters. The number of fused-ring (bicyclic) bond motifs is 1. The van der Waals surface area contributed by atoms with Gasteiger partial charge in [-0.3, -0.25) is 0 Å². The molecule has 0 fully saturated rings. The van der Waals surface area contributed by atoms with Crippen LogP contribution in [0.5, 0.6) is 0 Å². The Labute approximate surface area is 49.1 Å². The van der Waals surface area contributed by atoms with Crippen molar-refractivity contribution >= 4 is 17.4 Å². The summed E-state index contributed by atoms with van der Waals surface area (Å²) in [6.07, 6.45) is 3.19. The van der Waals surface area contributed by atoms with Crippen LogP contribution in [0.3, 0.4) is 0 Å². The summed E-state index contributed by atoms with van der Waals surface area (Å²) >= 11 is 1.29. The predicted molar refractivity (Wildman–Crippen MR) is 28.7 cm³/mol. The van der Waals surface area contributed by atoms with E-state index in [1.165, 1.54) is 18.1 Å². The van der Waals surface area contributed by atoms with Gasteiger partial charge >= 0.3 is 0 Å². The highest BCUT2D eigenvalue weighted by Crippen LogP contribution is 1.96. The first-order valence-corrected chi connectivity index (χ1v) is 2.81. The minimum absolute atomic E-state index is 0.815. The minimum atomic E-state index is 0.815. The Morgan fingerprint density at radius 3 is 3.50 bits per heavy atom. The van der Waals surface area contributed by atoms with Crippen molar-refractivity contribution in [3.8, 4) is 0 Å². The van der Waals surface area contributed by atoms with Crippen LogP contribution < -0.4 is 0 Å². The van der Waals surface area contributed by atoms with Crippen LogP contribution in [-0.4, -0.2) is 18.4 Å². The maximum absolute atomic E-state index is 3.88. The highest BCUT2D eigenvalue weighted by molar-refractivity contribution is 6.99. The number of aromatic nitrogens is 4. The van der Waals surface area contributed by atoms with E-state index in [2.05, 4.69) is 14.5 Å². The summed E-state index contributed by atoms with van der Waals surface area (Å²) in [6.45, 7) is 0. The van der Waals surface area contributed by atoms with Gasteiger partial charge in [0.25, 0.3) is 0 Å². The van der Waals surface area contributed by atoms with Gasteiger partial charge in [-0.15, -0.1) is 9.00 Å². The molecular formula is C3H2N4S. The van der Waals surface area contributed by atoms with E-state index in [4.69, 9.17) is 0 Å². The fraction of sp³-hybridized carbons (Fsp3) is 0. The Bertz CT molecular complexity index is 233. The molecule has 2 rings (SSSR count). The van der Waals surface area contributed by atoms with Gasteiger partial charge in [-0.25, -0.2) is 4.98 Å². The van der Waals surface area contributed by atoms with E-state index in [-0.39, 0.29) is 0 Å². The van der Waals surface area contributed by atoms with Crippen molar-refractivity contribution in [2.45, 2.75) is 0 Å². The molecule has 0 aliphatic rings. The third-order valence-corrected chi connectivity index (χ3v) is 1.47. The van der Waals surface area contributed by atoms with Crippen LogP contribution in [0.2, 0.25) is 0 Å². The largest absolute Gasteiger partial charge is 0.213 e. The molecule has 0 aliphatic carbocycles. The molecule has 8 heavy (non-hydrogen) atoms. The summed E-state index contributed by atoms with van der Waals surface area (Å²) in [5, 5.41) is 3.84. The normalized spacial score (nSPS) is 10.5. The van der Waals surface area contributed by atoms with Gasteiger partial charge in [0.1, 0.15) is 6.33 Å². The van der Waals surface area contributed by atoms with Crippen LogP contribution in [0.1, 0.15) is 0 Å². The fourth-order valence-corrected chi connectivity index (χ4v) is 0.994. The van der Waals surface area contributed by atoms with Crippen LogP contribution in [0, 0.1) is 0 Å². The van der Waals surface area contributed by atoms with Gasteiger partial charge in [0.2, 0.25) is 0 Å². The van der Waals surface area contributed by atoms with E-state index in [1.54, 1.807) is 10.1 Å². The second-order valence-corrected chi connectivity index (χ2v) is 2.03. The zero-order valence-electron chi connectivity index (χ0n) is 3.85. The van der Waals surface area contributed by atoms with E-state index in [9.17, 15) is 0 Å². The molecule has 0 spiro atoms. The van der Waals surface area contributed by atoms with Gasteiger partial charge in [0, 0.05) is 0 Å². The number of hydrogen-bond donors (Lipinski definition) is 0. The van der Waals surface area contributed by atoms with Crippen LogP contribution >= 0.6 is 11.7 Å². The molecule has 0 saturated heterocycles. The van der Waals surface area contributed by atoms with Crippen LogP contribution in [0.15, 0.2) is 12.5 Å². The van der Waals surface area contributed by atoms with Gasteiger partial charge in [0.15, 0.2) is 5.65 Å². The third kappa shape index (κ3) is 0.362. The number of hydrogen-bond acceptors (Lipinski definition) is 4. The average molecular weight is 126 g/mol. The Morgan fingerprint density at radius 1 is 1.62 bits per heavy atom. The molecule has 0 bridgehead atoms. The summed E-state index contributed by atoms with van der Waals surface area (Å²) in [5.41, 5.74) is 0.815. The second kappa shape index (κ2) is 1.25. The van der Waals surface area contributed by atoms with Gasteiger partial charge in [-0.05, 0) is 0 Å². The number of rotatable bonds is 0. The lowest BCUT2D eigenvalue weighted by Gasteiger charge is -1.66. The summed E-state index contributed by atoms with van der Waals surface area (Å²) < 4.78 is 5.49. The lowest BCUT2D eigenvalue weighted by Crippen LogP contribution is -1.70. The Kier molecular flexibility index (Phi) is 0.621. The lowest BCUT2D eigenvalue weighted by atomic mass is 10.8. The summed E-state index contributed by atoms with van der Waals surface area (Å²) in [6, 6.07) is 0. The zero-order chi connectivity index (χ0) is 5.40. The molecule has 0 radical (unpaired) electrons. The zero-order valence-corrected chi connectivity index (χ0v) is 4.67. The maximum atomic E-state index is 3.88. The summed E-state index contributed by atoms with van der Waals surface area (Å²) in [5.74, 6) is 0. The Hall–Kier alpha value is -0.970. The second-order valence-electron chi connectivity index (χ2n) is 1.31. The molecule has 0 amide bonds. The van der Waals surface area contributed by atoms with Crippen molar-refractivity contribution in [3.05, 3.63) is 12.5 Å². The molecule has 5 heteroatoms. The molecule has 0 unspecified atom stereocenters. The van der Waals surface area contributed by atoms with Crippen LogP contribution in [0.25, 0.3) is 5.65 Å². The van der Waals surface area contributed by atoms with Gasteiger partial charge in [-0.1, -0.05) is 0 Å².